The van der Waals surface area contributed by atoms with Crippen molar-refractivity contribution in [2.24, 2.45) is 5.41 Å². The van der Waals surface area contributed by atoms with Crippen LogP contribution in [-0.2, 0) is 0 Å². The molecule has 0 heterocycles. The molecule has 19 heavy (non-hydrogen) atoms. The molecule has 0 aromatic heterocycles. The minimum absolute atomic E-state index is 0.115. The summed E-state index contributed by atoms with van der Waals surface area (Å²) < 4.78 is 0. The Kier molecular flexibility index (Phi) is 4.71. The van der Waals surface area contributed by atoms with Gasteiger partial charge >= 0.3 is 0 Å². The molecule has 104 valence electrons. The third-order valence-corrected chi connectivity index (χ3v) is 4.18. The van der Waals surface area contributed by atoms with Crippen molar-refractivity contribution >= 4 is 29.1 Å². The lowest BCUT2D eigenvalue weighted by Crippen LogP contribution is -2.38. The standard InChI is InChI=1S/C14H17Cl2NO2/c15-11-5-10(6-12(16)7-11)13(19)17-8-14(9-18)3-1-2-4-14/h5-7,18H,1-4,8-9H2,(H,17,19). The summed E-state index contributed by atoms with van der Waals surface area (Å²) in [6, 6.07) is 4.76. The van der Waals surface area contributed by atoms with Gasteiger partial charge in [0.25, 0.3) is 5.91 Å². The summed E-state index contributed by atoms with van der Waals surface area (Å²) in [6.45, 7) is 0.607. The van der Waals surface area contributed by atoms with Gasteiger partial charge in [0.15, 0.2) is 0 Å². The fraction of sp³-hybridized carbons (Fsp3) is 0.500. The van der Waals surface area contributed by atoms with E-state index < -0.39 is 0 Å². The van der Waals surface area contributed by atoms with E-state index in [2.05, 4.69) is 5.32 Å². The maximum Gasteiger partial charge on any atom is 0.251 e. The minimum atomic E-state index is -0.205. The van der Waals surface area contributed by atoms with Gasteiger partial charge in [0, 0.05) is 27.6 Å². The maximum absolute atomic E-state index is 12.1. The van der Waals surface area contributed by atoms with Gasteiger partial charge in [-0.25, -0.2) is 0 Å². The van der Waals surface area contributed by atoms with E-state index in [4.69, 9.17) is 23.2 Å². The average Bonchev–Trinajstić information content (AvgIpc) is 2.84. The molecule has 3 nitrogen and oxygen atoms in total. The van der Waals surface area contributed by atoms with Gasteiger partial charge in [-0.15, -0.1) is 0 Å². The van der Waals surface area contributed by atoms with Crippen LogP contribution in [0, 0.1) is 5.41 Å². The Morgan fingerprint density at radius 1 is 1.21 bits per heavy atom. The summed E-state index contributed by atoms with van der Waals surface area (Å²) in [4.78, 5) is 12.1. The second-order valence-corrected chi connectivity index (χ2v) is 6.08. The van der Waals surface area contributed by atoms with Gasteiger partial charge in [0.2, 0.25) is 0 Å². The van der Waals surface area contributed by atoms with Gasteiger partial charge in [0.05, 0.1) is 6.61 Å². The van der Waals surface area contributed by atoms with E-state index in [0.717, 1.165) is 25.7 Å². The fourth-order valence-corrected chi connectivity index (χ4v) is 3.10. The number of aliphatic hydroxyl groups excluding tert-OH is 1. The van der Waals surface area contributed by atoms with Crippen molar-refractivity contribution in [3.63, 3.8) is 0 Å². The largest absolute Gasteiger partial charge is 0.396 e. The Morgan fingerprint density at radius 3 is 2.32 bits per heavy atom. The maximum atomic E-state index is 12.1. The van der Waals surface area contributed by atoms with Crippen molar-refractivity contribution in [2.45, 2.75) is 25.7 Å². The average molecular weight is 302 g/mol. The molecule has 0 aliphatic heterocycles. The van der Waals surface area contributed by atoms with Gasteiger partial charge < -0.3 is 10.4 Å². The molecule has 2 N–H and O–H groups in total. The monoisotopic (exact) mass is 301 g/mol. The number of amides is 1. The summed E-state index contributed by atoms with van der Waals surface area (Å²) in [5.41, 5.74) is 0.293. The number of hydrogen-bond donors (Lipinski definition) is 2. The molecule has 1 saturated carbocycles. The zero-order valence-electron chi connectivity index (χ0n) is 10.6. The van der Waals surface area contributed by atoms with Crippen LogP contribution in [-0.4, -0.2) is 24.2 Å². The van der Waals surface area contributed by atoms with E-state index in [1.807, 2.05) is 0 Å². The molecule has 0 radical (unpaired) electrons. The Morgan fingerprint density at radius 2 is 1.79 bits per heavy atom. The van der Waals surface area contributed by atoms with Crippen molar-refractivity contribution in [3.8, 4) is 0 Å². The molecule has 0 saturated heterocycles. The predicted octanol–water partition coefficient (Wildman–Crippen LogP) is 3.28. The van der Waals surface area contributed by atoms with E-state index in [9.17, 15) is 9.90 Å². The molecule has 1 aromatic rings. The topological polar surface area (TPSA) is 49.3 Å². The second kappa shape index (κ2) is 6.12. The molecular formula is C14H17Cl2NO2. The van der Waals surface area contributed by atoms with Crippen LogP contribution in [0.5, 0.6) is 0 Å². The summed E-state index contributed by atoms with van der Waals surface area (Å²) in [5.74, 6) is -0.205. The molecule has 1 aromatic carbocycles. The lowest BCUT2D eigenvalue weighted by molar-refractivity contribution is 0.0880. The van der Waals surface area contributed by atoms with Gasteiger partial charge in [-0.05, 0) is 31.0 Å². The number of halogens is 2. The highest BCUT2D eigenvalue weighted by atomic mass is 35.5. The van der Waals surface area contributed by atoms with Crippen molar-refractivity contribution in [1.82, 2.24) is 5.32 Å². The Balaban J connectivity index is 2.01. The van der Waals surface area contributed by atoms with Gasteiger partial charge in [-0.2, -0.15) is 0 Å². The van der Waals surface area contributed by atoms with Crippen molar-refractivity contribution in [1.29, 1.82) is 0 Å². The van der Waals surface area contributed by atoms with E-state index in [1.54, 1.807) is 18.2 Å². The normalized spacial score (nSPS) is 17.4. The number of carbonyl (C=O) groups excluding carboxylic acids is 1. The first kappa shape index (κ1) is 14.6. The molecule has 2 rings (SSSR count). The first-order chi connectivity index (χ1) is 9.04. The summed E-state index contributed by atoms with van der Waals surface area (Å²) >= 11 is 11.7. The smallest absolute Gasteiger partial charge is 0.251 e. The lowest BCUT2D eigenvalue weighted by atomic mass is 9.87. The molecule has 0 bridgehead atoms. The van der Waals surface area contributed by atoms with E-state index in [1.165, 1.54) is 0 Å². The van der Waals surface area contributed by atoms with E-state index in [-0.39, 0.29) is 17.9 Å². The summed E-state index contributed by atoms with van der Waals surface area (Å²) in [7, 11) is 0. The number of rotatable bonds is 4. The van der Waals surface area contributed by atoms with Crippen LogP contribution in [0.15, 0.2) is 18.2 Å². The van der Waals surface area contributed by atoms with Gasteiger partial charge in [-0.3, -0.25) is 4.79 Å². The SMILES string of the molecule is O=C(NCC1(CO)CCCC1)c1cc(Cl)cc(Cl)c1. The Labute approximate surface area is 122 Å². The highest BCUT2D eigenvalue weighted by molar-refractivity contribution is 6.35. The summed E-state index contributed by atoms with van der Waals surface area (Å²) in [5, 5.41) is 13.2. The minimum Gasteiger partial charge on any atom is -0.396 e. The first-order valence-electron chi connectivity index (χ1n) is 6.40. The van der Waals surface area contributed by atoms with Crippen LogP contribution in [0.4, 0.5) is 0 Å². The van der Waals surface area contributed by atoms with Crippen molar-refractivity contribution in [2.75, 3.05) is 13.2 Å². The van der Waals surface area contributed by atoms with Crippen LogP contribution in [0.1, 0.15) is 36.0 Å². The Bertz CT molecular complexity index is 450. The molecule has 0 spiro atoms. The van der Waals surface area contributed by atoms with Crippen LogP contribution < -0.4 is 5.32 Å². The zero-order chi connectivity index (χ0) is 13.9. The molecule has 1 fully saturated rings. The molecule has 1 aliphatic rings. The van der Waals surface area contributed by atoms with E-state index in [0.29, 0.717) is 22.2 Å². The fourth-order valence-electron chi connectivity index (χ4n) is 2.57. The molecule has 1 amide bonds. The third kappa shape index (κ3) is 3.62. The summed E-state index contributed by atoms with van der Waals surface area (Å²) in [6.07, 6.45) is 4.14. The molecular weight excluding hydrogens is 285 g/mol. The van der Waals surface area contributed by atoms with Crippen molar-refractivity contribution in [3.05, 3.63) is 33.8 Å². The van der Waals surface area contributed by atoms with Crippen LogP contribution in [0.25, 0.3) is 0 Å². The highest BCUT2D eigenvalue weighted by Gasteiger charge is 2.33. The molecule has 5 heteroatoms. The molecule has 0 unspecified atom stereocenters. The zero-order valence-corrected chi connectivity index (χ0v) is 12.1. The van der Waals surface area contributed by atoms with Crippen molar-refractivity contribution < 1.29 is 9.90 Å². The number of benzene rings is 1. The number of carbonyl (C=O) groups is 1. The van der Waals surface area contributed by atoms with Gasteiger partial charge in [-0.1, -0.05) is 36.0 Å². The van der Waals surface area contributed by atoms with Crippen LogP contribution in [0.2, 0.25) is 10.0 Å². The van der Waals surface area contributed by atoms with Crippen LogP contribution in [0.3, 0.4) is 0 Å². The molecule has 1 aliphatic carbocycles. The highest BCUT2D eigenvalue weighted by Crippen LogP contribution is 2.36. The first-order valence-corrected chi connectivity index (χ1v) is 7.15. The van der Waals surface area contributed by atoms with Crippen LogP contribution >= 0.6 is 23.2 Å². The lowest BCUT2D eigenvalue weighted by Gasteiger charge is -2.26. The molecule has 0 atom stereocenters. The third-order valence-electron chi connectivity index (χ3n) is 3.75. The number of hydrogen-bond acceptors (Lipinski definition) is 2. The number of aliphatic hydroxyl groups is 1. The van der Waals surface area contributed by atoms with E-state index >= 15 is 0 Å². The Hall–Kier alpha value is -0.770. The number of nitrogens with one attached hydrogen (secondary N) is 1. The quantitative estimate of drug-likeness (QED) is 0.896. The second-order valence-electron chi connectivity index (χ2n) is 5.21. The van der Waals surface area contributed by atoms with Gasteiger partial charge in [0.1, 0.15) is 0 Å². The predicted molar refractivity (Wildman–Crippen MR) is 76.8 cm³/mol.